The molecule has 2 aromatic carbocycles. The molecule has 0 N–H and O–H groups in total. The predicted molar refractivity (Wildman–Crippen MR) is 114 cm³/mol. The van der Waals surface area contributed by atoms with E-state index in [1.54, 1.807) is 30.5 Å². The summed E-state index contributed by atoms with van der Waals surface area (Å²) in [6.45, 7) is 1.93. The quantitative estimate of drug-likeness (QED) is 0.434. The van der Waals surface area contributed by atoms with Crippen LogP contribution >= 0.6 is 15.9 Å². The van der Waals surface area contributed by atoms with Crippen LogP contribution in [0.25, 0.3) is 11.0 Å². The third kappa shape index (κ3) is 2.79. The van der Waals surface area contributed by atoms with Crippen LogP contribution in [0, 0.1) is 6.92 Å². The monoisotopic (exact) mass is 446 g/mol. The molecule has 29 heavy (non-hydrogen) atoms. The van der Waals surface area contributed by atoms with E-state index in [1.165, 1.54) is 4.90 Å². The Bertz CT molecular complexity index is 1310. The van der Waals surface area contributed by atoms with Crippen LogP contribution in [-0.4, -0.2) is 10.9 Å². The van der Waals surface area contributed by atoms with Crippen LogP contribution in [0.4, 0.5) is 5.82 Å². The Labute approximate surface area is 174 Å². The molecular weight excluding hydrogens is 432 g/mol. The van der Waals surface area contributed by atoms with Crippen LogP contribution in [0.15, 0.2) is 80.5 Å². The molecule has 4 aromatic rings. The number of benzene rings is 2. The van der Waals surface area contributed by atoms with Gasteiger partial charge in [0.15, 0.2) is 5.43 Å². The van der Waals surface area contributed by atoms with Crippen molar-refractivity contribution < 1.29 is 9.21 Å². The second-order valence-electron chi connectivity index (χ2n) is 7.00. The molecule has 0 aliphatic carbocycles. The summed E-state index contributed by atoms with van der Waals surface area (Å²) in [5.41, 5.74) is 2.33. The lowest BCUT2D eigenvalue weighted by atomic mass is 9.98. The highest BCUT2D eigenvalue weighted by atomic mass is 79.9. The zero-order valence-corrected chi connectivity index (χ0v) is 17.0. The second-order valence-corrected chi connectivity index (χ2v) is 7.91. The van der Waals surface area contributed by atoms with Crippen LogP contribution in [-0.2, 0) is 0 Å². The van der Waals surface area contributed by atoms with Gasteiger partial charge in [-0.3, -0.25) is 14.5 Å². The highest BCUT2D eigenvalue weighted by Crippen LogP contribution is 2.40. The van der Waals surface area contributed by atoms with Crippen molar-refractivity contribution in [1.29, 1.82) is 0 Å². The van der Waals surface area contributed by atoms with Gasteiger partial charge in [-0.1, -0.05) is 52.3 Å². The van der Waals surface area contributed by atoms with Crippen molar-refractivity contribution in [3.8, 4) is 0 Å². The van der Waals surface area contributed by atoms with Gasteiger partial charge in [0.1, 0.15) is 11.4 Å². The molecule has 0 saturated carbocycles. The second kappa shape index (κ2) is 6.67. The Kier molecular flexibility index (Phi) is 4.10. The lowest BCUT2D eigenvalue weighted by Gasteiger charge is -2.24. The summed E-state index contributed by atoms with van der Waals surface area (Å²) in [6, 6.07) is 17.8. The van der Waals surface area contributed by atoms with Gasteiger partial charge in [0.2, 0.25) is 5.76 Å². The molecule has 0 bridgehead atoms. The van der Waals surface area contributed by atoms with Gasteiger partial charge in [-0.05, 0) is 42.3 Å². The molecule has 5 rings (SSSR count). The summed E-state index contributed by atoms with van der Waals surface area (Å²) < 4.78 is 6.71. The van der Waals surface area contributed by atoms with E-state index in [0.717, 1.165) is 15.6 Å². The molecule has 0 fully saturated rings. The van der Waals surface area contributed by atoms with Crippen LogP contribution in [0.5, 0.6) is 0 Å². The van der Waals surface area contributed by atoms with Gasteiger partial charge >= 0.3 is 0 Å². The maximum Gasteiger partial charge on any atom is 0.296 e. The molecular formula is C23H15BrN2O3. The molecule has 1 aliphatic rings. The van der Waals surface area contributed by atoms with Crippen LogP contribution in [0.1, 0.15) is 33.3 Å². The van der Waals surface area contributed by atoms with E-state index in [2.05, 4.69) is 20.9 Å². The summed E-state index contributed by atoms with van der Waals surface area (Å²) in [5.74, 6) is 0.179. The Morgan fingerprint density at radius 2 is 1.83 bits per heavy atom. The summed E-state index contributed by atoms with van der Waals surface area (Å²) in [6.07, 6.45) is 1.70. The molecule has 0 spiro atoms. The molecule has 1 amide bonds. The van der Waals surface area contributed by atoms with Crippen molar-refractivity contribution in [2.75, 3.05) is 4.90 Å². The Morgan fingerprint density at radius 1 is 1.03 bits per heavy atom. The average Bonchev–Trinajstić information content (AvgIpc) is 3.03. The van der Waals surface area contributed by atoms with Crippen molar-refractivity contribution in [1.82, 2.24) is 4.98 Å². The number of anilines is 1. The smallest absolute Gasteiger partial charge is 0.296 e. The first-order valence-electron chi connectivity index (χ1n) is 9.12. The van der Waals surface area contributed by atoms with Crippen molar-refractivity contribution >= 4 is 38.6 Å². The molecule has 6 heteroatoms. The van der Waals surface area contributed by atoms with E-state index in [0.29, 0.717) is 22.4 Å². The van der Waals surface area contributed by atoms with Gasteiger partial charge in [-0.2, -0.15) is 0 Å². The van der Waals surface area contributed by atoms with Gasteiger partial charge in [-0.15, -0.1) is 0 Å². The molecule has 0 radical (unpaired) electrons. The molecule has 142 valence electrons. The number of hydrogen-bond acceptors (Lipinski definition) is 4. The summed E-state index contributed by atoms with van der Waals surface area (Å²) in [4.78, 5) is 32.8. The Hall–Kier alpha value is -3.25. The normalized spacial score (nSPS) is 15.7. The highest BCUT2D eigenvalue weighted by molar-refractivity contribution is 9.10. The van der Waals surface area contributed by atoms with Crippen molar-refractivity contribution in [3.63, 3.8) is 0 Å². The Balaban J connectivity index is 1.82. The number of fused-ring (bicyclic) bond motifs is 2. The fourth-order valence-electron chi connectivity index (χ4n) is 3.73. The standard InChI is InChI=1S/C23H15BrN2O3/c1-13-7-10-18(25-12-13)26-20(14-5-3-2-4-6-14)19-21(27)16-11-15(24)8-9-17(16)29-22(19)23(26)28/h2-12,20H,1H3. The number of carbonyl (C=O) groups excluding carboxylic acids is 1. The maximum atomic E-state index is 13.5. The van der Waals surface area contributed by atoms with Crippen molar-refractivity contribution in [3.05, 3.63) is 104 Å². The first kappa shape index (κ1) is 17.8. The van der Waals surface area contributed by atoms with Gasteiger partial charge in [-0.25, -0.2) is 4.98 Å². The zero-order valence-electron chi connectivity index (χ0n) is 15.4. The summed E-state index contributed by atoms with van der Waals surface area (Å²) in [7, 11) is 0. The number of amides is 1. The first-order valence-corrected chi connectivity index (χ1v) is 9.91. The predicted octanol–water partition coefficient (Wildman–Crippen LogP) is 5.01. The number of aryl methyl sites for hydroxylation is 1. The van der Waals surface area contributed by atoms with Crippen LogP contribution in [0.2, 0.25) is 0 Å². The van der Waals surface area contributed by atoms with E-state index < -0.39 is 6.04 Å². The van der Waals surface area contributed by atoms with Gasteiger partial charge in [0, 0.05) is 10.7 Å². The minimum absolute atomic E-state index is 0.0704. The third-order valence-corrected chi connectivity index (χ3v) is 5.58. The molecule has 1 atom stereocenters. The van der Waals surface area contributed by atoms with E-state index in [1.807, 2.05) is 43.3 Å². The SMILES string of the molecule is Cc1ccc(N2C(=O)c3oc4ccc(Br)cc4c(=O)c3C2c2ccccc2)nc1. The molecule has 3 heterocycles. The largest absolute Gasteiger partial charge is 0.450 e. The number of halogens is 1. The van der Waals surface area contributed by atoms with E-state index in [-0.39, 0.29) is 17.1 Å². The first-order chi connectivity index (χ1) is 14.0. The maximum absolute atomic E-state index is 13.5. The number of aromatic nitrogens is 1. The average molecular weight is 447 g/mol. The highest BCUT2D eigenvalue weighted by Gasteiger charge is 2.44. The van der Waals surface area contributed by atoms with Crippen LogP contribution < -0.4 is 10.3 Å². The van der Waals surface area contributed by atoms with E-state index in [4.69, 9.17) is 4.42 Å². The van der Waals surface area contributed by atoms with E-state index in [9.17, 15) is 9.59 Å². The van der Waals surface area contributed by atoms with Crippen LogP contribution in [0.3, 0.4) is 0 Å². The topological polar surface area (TPSA) is 63.4 Å². The lowest BCUT2D eigenvalue weighted by Crippen LogP contribution is -2.30. The van der Waals surface area contributed by atoms with Crippen molar-refractivity contribution in [2.45, 2.75) is 13.0 Å². The van der Waals surface area contributed by atoms with Gasteiger partial charge in [0.05, 0.1) is 17.0 Å². The zero-order chi connectivity index (χ0) is 20.1. The molecule has 5 nitrogen and oxygen atoms in total. The molecule has 2 aromatic heterocycles. The van der Waals surface area contributed by atoms with E-state index >= 15 is 0 Å². The van der Waals surface area contributed by atoms with Crippen molar-refractivity contribution in [2.24, 2.45) is 0 Å². The number of hydrogen-bond donors (Lipinski definition) is 0. The number of carbonyl (C=O) groups is 1. The minimum Gasteiger partial charge on any atom is -0.450 e. The summed E-state index contributed by atoms with van der Waals surface area (Å²) >= 11 is 3.41. The fraction of sp³-hybridized carbons (Fsp3) is 0.0870. The number of rotatable bonds is 2. The summed E-state index contributed by atoms with van der Waals surface area (Å²) in [5, 5.41) is 0.436. The minimum atomic E-state index is -0.603. The van der Waals surface area contributed by atoms with Gasteiger partial charge in [0.25, 0.3) is 5.91 Å². The Morgan fingerprint density at radius 3 is 2.55 bits per heavy atom. The molecule has 1 unspecified atom stereocenters. The molecule has 0 saturated heterocycles. The lowest BCUT2D eigenvalue weighted by molar-refractivity contribution is 0.0970. The number of nitrogens with zero attached hydrogens (tertiary/aromatic N) is 2. The van der Waals surface area contributed by atoms with Gasteiger partial charge < -0.3 is 4.42 Å². The molecule has 1 aliphatic heterocycles. The third-order valence-electron chi connectivity index (χ3n) is 5.09. The number of pyridine rings is 1. The fourth-order valence-corrected chi connectivity index (χ4v) is 4.10.